The molecule has 52 heavy (non-hydrogen) atoms. The Bertz CT molecular complexity index is 1950. The van der Waals surface area contributed by atoms with Crippen LogP contribution in [-0.2, 0) is 19.0 Å². The summed E-state index contributed by atoms with van der Waals surface area (Å²) in [6, 6.07) is 40.6. The molecule has 0 heterocycles. The lowest BCUT2D eigenvalue weighted by Gasteiger charge is -2.25. The Morgan fingerprint density at radius 1 is 0.635 bits per heavy atom. The Morgan fingerprint density at radius 3 is 1.67 bits per heavy atom. The number of allylic oxidation sites excluding steroid dienone is 2. The van der Waals surface area contributed by atoms with Crippen molar-refractivity contribution in [2.24, 2.45) is 0 Å². The van der Waals surface area contributed by atoms with Crippen molar-refractivity contribution in [1.82, 2.24) is 0 Å². The molecular weight excluding hydrogens is 654 g/mol. The Hall–Kier alpha value is -6.54. The molecule has 0 bridgehead atoms. The maximum atomic E-state index is 12.2. The fraction of sp³-hybridized carbons (Fsp3) is 0.136. The number of esters is 1. The molecule has 0 aliphatic heterocycles. The molecule has 8 nitrogen and oxygen atoms in total. The van der Waals surface area contributed by atoms with Crippen LogP contribution in [0.5, 0.6) is 11.5 Å². The number of benzene rings is 5. The molecule has 8 heteroatoms. The fourth-order valence-corrected chi connectivity index (χ4v) is 5.19. The highest BCUT2D eigenvalue weighted by Crippen LogP contribution is 2.35. The summed E-state index contributed by atoms with van der Waals surface area (Å²) in [7, 11) is 1.64. The van der Waals surface area contributed by atoms with Crippen molar-refractivity contribution in [2.45, 2.75) is 20.8 Å². The highest BCUT2D eigenvalue weighted by Gasteiger charge is 2.13. The van der Waals surface area contributed by atoms with Crippen molar-refractivity contribution in [3.05, 3.63) is 174 Å². The summed E-state index contributed by atoms with van der Waals surface area (Å²) in [4.78, 5) is 25.2. The highest BCUT2D eigenvalue weighted by atomic mass is 16.7. The van der Waals surface area contributed by atoms with Gasteiger partial charge in [-0.15, -0.1) is 0 Å². The van der Waals surface area contributed by atoms with Gasteiger partial charge in [0, 0.05) is 24.0 Å². The normalized spacial score (nSPS) is 11.3. The van der Waals surface area contributed by atoms with Crippen molar-refractivity contribution in [2.75, 3.05) is 25.2 Å². The lowest BCUT2D eigenvalue weighted by molar-refractivity contribution is -0.135. The van der Waals surface area contributed by atoms with Gasteiger partial charge in [0.15, 0.2) is 0 Å². The largest absolute Gasteiger partial charge is 0.513 e. The molecule has 0 fully saturated rings. The molecule has 0 aliphatic rings. The molecule has 0 unspecified atom stereocenters. The Balaban J connectivity index is 1.30. The second kappa shape index (κ2) is 18.5. The zero-order chi connectivity index (χ0) is 36.7. The maximum Gasteiger partial charge on any atom is 0.513 e. The molecule has 0 N–H and O–H groups in total. The monoisotopic (exact) mass is 695 g/mol. The van der Waals surface area contributed by atoms with Gasteiger partial charge in [-0.25, -0.2) is 4.79 Å². The number of carbonyl (C=O) groups is 2. The van der Waals surface area contributed by atoms with Gasteiger partial charge >= 0.3 is 12.1 Å². The maximum absolute atomic E-state index is 12.2. The molecule has 0 atom stereocenters. The number of hydrogen-bond donors (Lipinski definition) is 0. The SMILES string of the molecule is COc1ccc(C(=CC=Cc2ccc(N(c3ccc(C)cc3)c3ccc(C)cc3)cc2)c2ccc(OC(=O)OCCO/C=C/OC(C)=O)cc2)cc1. The van der Waals surface area contributed by atoms with Crippen LogP contribution in [0.2, 0.25) is 0 Å². The van der Waals surface area contributed by atoms with Gasteiger partial charge < -0.3 is 28.6 Å². The summed E-state index contributed by atoms with van der Waals surface area (Å²) in [6.45, 7) is 5.49. The molecule has 0 saturated carbocycles. The van der Waals surface area contributed by atoms with E-state index in [2.05, 4.69) is 108 Å². The number of nitrogens with zero attached hydrogens (tertiary/aromatic N) is 1. The van der Waals surface area contributed by atoms with E-state index < -0.39 is 12.1 Å². The smallest absolute Gasteiger partial charge is 0.497 e. The molecule has 5 aromatic rings. The van der Waals surface area contributed by atoms with Crippen LogP contribution in [0.1, 0.15) is 34.7 Å². The van der Waals surface area contributed by atoms with Gasteiger partial charge in [-0.3, -0.25) is 4.79 Å². The predicted octanol–water partition coefficient (Wildman–Crippen LogP) is 10.5. The first-order chi connectivity index (χ1) is 25.3. The molecule has 5 aromatic carbocycles. The fourth-order valence-electron chi connectivity index (χ4n) is 5.19. The van der Waals surface area contributed by atoms with Crippen molar-refractivity contribution >= 4 is 40.8 Å². The van der Waals surface area contributed by atoms with Gasteiger partial charge in [0.25, 0.3) is 0 Å². The first-order valence-corrected chi connectivity index (χ1v) is 16.7. The van der Waals surface area contributed by atoms with Crippen molar-refractivity contribution < 1.29 is 33.3 Å². The van der Waals surface area contributed by atoms with Crippen LogP contribution in [0.15, 0.2) is 146 Å². The first kappa shape index (κ1) is 36.7. The van der Waals surface area contributed by atoms with Gasteiger partial charge in [0.2, 0.25) is 0 Å². The molecule has 0 spiro atoms. The number of rotatable bonds is 14. The Morgan fingerprint density at radius 2 is 1.15 bits per heavy atom. The number of hydrogen-bond acceptors (Lipinski definition) is 8. The van der Waals surface area contributed by atoms with Crippen LogP contribution in [0.4, 0.5) is 21.9 Å². The van der Waals surface area contributed by atoms with Crippen molar-refractivity contribution in [3.63, 3.8) is 0 Å². The lowest BCUT2D eigenvalue weighted by Crippen LogP contribution is -2.13. The average Bonchev–Trinajstić information content (AvgIpc) is 3.15. The van der Waals surface area contributed by atoms with Crippen LogP contribution >= 0.6 is 0 Å². The van der Waals surface area contributed by atoms with E-state index in [1.807, 2.05) is 42.5 Å². The summed E-state index contributed by atoms with van der Waals surface area (Å²) in [5.41, 5.74) is 9.60. The number of ether oxygens (including phenoxy) is 5. The van der Waals surface area contributed by atoms with Crippen LogP contribution in [-0.4, -0.2) is 32.4 Å². The molecule has 0 radical (unpaired) electrons. The van der Waals surface area contributed by atoms with Crippen molar-refractivity contribution in [3.8, 4) is 11.5 Å². The minimum Gasteiger partial charge on any atom is -0.497 e. The lowest BCUT2D eigenvalue weighted by atomic mass is 9.97. The minimum atomic E-state index is -0.860. The van der Waals surface area contributed by atoms with Crippen molar-refractivity contribution in [1.29, 1.82) is 0 Å². The molecule has 0 aromatic heterocycles. The Kier molecular flexibility index (Phi) is 13.0. The standard InChI is InChI=1S/C44H41NO7/c1-32-8-18-38(19-9-32)45(39-20-10-33(2)11-21-39)40-22-12-35(13-23-40)6-5-7-43(36-14-24-41(48-4)25-15-36)37-16-26-42(27-17-37)52-44(47)51-31-29-49-28-30-50-34(3)46/h5-28,30H,29,31H2,1-4H3/b6-5?,30-28+,43-7?. The zero-order valence-electron chi connectivity index (χ0n) is 29.7. The number of methoxy groups -OCH3 is 1. The number of aryl methyl sites for hydroxylation is 2. The van der Waals surface area contributed by atoms with Gasteiger partial charge in [-0.2, -0.15) is 0 Å². The second-order valence-electron chi connectivity index (χ2n) is 11.7. The first-order valence-electron chi connectivity index (χ1n) is 16.7. The highest BCUT2D eigenvalue weighted by molar-refractivity contribution is 5.82. The summed E-state index contributed by atoms with van der Waals surface area (Å²) in [5, 5.41) is 0. The summed E-state index contributed by atoms with van der Waals surface area (Å²) >= 11 is 0. The van der Waals surface area contributed by atoms with Gasteiger partial charge in [-0.05, 0) is 96.8 Å². The van der Waals surface area contributed by atoms with E-state index in [4.69, 9.17) is 18.9 Å². The summed E-state index contributed by atoms with van der Waals surface area (Å²) in [6.07, 6.45) is 7.59. The number of anilines is 3. The van der Waals surface area contributed by atoms with E-state index in [1.54, 1.807) is 19.2 Å². The molecule has 264 valence electrons. The minimum absolute atomic E-state index is 0.0432. The third kappa shape index (κ3) is 10.7. The van der Waals surface area contributed by atoms with Gasteiger partial charge in [-0.1, -0.05) is 90.0 Å². The molecule has 0 amide bonds. The van der Waals surface area contributed by atoms with E-state index in [0.717, 1.165) is 51.3 Å². The predicted molar refractivity (Wildman–Crippen MR) is 205 cm³/mol. The third-order valence-corrected chi connectivity index (χ3v) is 7.86. The van der Waals surface area contributed by atoms with Gasteiger partial charge in [0.1, 0.15) is 37.2 Å². The van der Waals surface area contributed by atoms with E-state index in [0.29, 0.717) is 5.75 Å². The van der Waals surface area contributed by atoms with Crippen LogP contribution < -0.4 is 14.4 Å². The topological polar surface area (TPSA) is 83.5 Å². The van der Waals surface area contributed by atoms with Crippen LogP contribution in [0, 0.1) is 13.8 Å². The molecule has 0 aliphatic carbocycles. The molecule has 5 rings (SSSR count). The second-order valence-corrected chi connectivity index (χ2v) is 11.7. The third-order valence-electron chi connectivity index (χ3n) is 7.86. The zero-order valence-corrected chi connectivity index (χ0v) is 29.7. The summed E-state index contributed by atoms with van der Waals surface area (Å²) in [5.74, 6) is 0.632. The van der Waals surface area contributed by atoms with E-state index in [1.165, 1.54) is 24.3 Å². The molecular formula is C44H41NO7. The van der Waals surface area contributed by atoms with Crippen LogP contribution in [0.25, 0.3) is 11.6 Å². The molecule has 0 saturated heterocycles. The number of carbonyl (C=O) groups excluding carboxylic acids is 2. The van der Waals surface area contributed by atoms with Gasteiger partial charge in [0.05, 0.1) is 7.11 Å². The average molecular weight is 696 g/mol. The quantitative estimate of drug-likeness (QED) is 0.0373. The summed E-state index contributed by atoms with van der Waals surface area (Å²) < 4.78 is 25.4. The van der Waals surface area contributed by atoms with E-state index in [-0.39, 0.29) is 13.2 Å². The van der Waals surface area contributed by atoms with E-state index >= 15 is 0 Å². The van der Waals surface area contributed by atoms with E-state index in [9.17, 15) is 9.59 Å². The Labute approximate surface area is 304 Å². The van der Waals surface area contributed by atoms with Crippen LogP contribution in [0.3, 0.4) is 0 Å².